The standard InChI is InChI=1S/C24H21NO6/c1-28-18-11-7-10-17(14-18)25-23(26)22(16-8-3-2-4-9-16)31-24(27)21-15-29-19-12-5-6-13-20(19)30-21/h2-14,21-22H,15H2,1H3,(H,25,26)/t21-,22-/m1/s1. The molecule has 0 aliphatic carbocycles. The van der Waals surface area contributed by atoms with Crippen LogP contribution in [0.5, 0.6) is 17.2 Å². The predicted octanol–water partition coefficient (Wildman–Crippen LogP) is 3.76. The number of hydrogen-bond donors (Lipinski definition) is 1. The SMILES string of the molecule is COc1cccc(NC(=O)[C@H](OC(=O)[C@H]2COc3ccccc3O2)c2ccccc2)c1. The van der Waals surface area contributed by atoms with Crippen molar-refractivity contribution in [3.8, 4) is 17.2 Å². The van der Waals surface area contributed by atoms with Crippen LogP contribution in [0.1, 0.15) is 11.7 Å². The molecular formula is C24H21NO6. The van der Waals surface area contributed by atoms with E-state index < -0.39 is 24.1 Å². The Kier molecular flexibility index (Phi) is 6.03. The fraction of sp³-hybridized carbons (Fsp3) is 0.167. The van der Waals surface area contributed by atoms with Crippen LogP contribution in [-0.2, 0) is 14.3 Å². The van der Waals surface area contributed by atoms with Gasteiger partial charge in [-0.25, -0.2) is 4.79 Å². The van der Waals surface area contributed by atoms with Gasteiger partial charge in [-0.2, -0.15) is 0 Å². The molecule has 7 heteroatoms. The minimum atomic E-state index is -1.17. The van der Waals surface area contributed by atoms with E-state index >= 15 is 0 Å². The zero-order valence-corrected chi connectivity index (χ0v) is 16.8. The molecule has 1 aliphatic rings. The van der Waals surface area contributed by atoms with Gasteiger partial charge in [-0.3, -0.25) is 4.79 Å². The third kappa shape index (κ3) is 4.78. The molecule has 3 aromatic rings. The van der Waals surface area contributed by atoms with Gasteiger partial charge in [-0.05, 0) is 24.3 Å². The fourth-order valence-electron chi connectivity index (χ4n) is 3.14. The number of fused-ring (bicyclic) bond motifs is 1. The second kappa shape index (κ2) is 9.21. The van der Waals surface area contributed by atoms with Crippen molar-refractivity contribution in [3.63, 3.8) is 0 Å². The van der Waals surface area contributed by atoms with E-state index in [1.165, 1.54) is 0 Å². The molecule has 0 aromatic heterocycles. The highest BCUT2D eigenvalue weighted by Crippen LogP contribution is 2.32. The van der Waals surface area contributed by atoms with Gasteiger partial charge >= 0.3 is 5.97 Å². The highest BCUT2D eigenvalue weighted by atomic mass is 16.6. The molecule has 31 heavy (non-hydrogen) atoms. The highest BCUT2D eigenvalue weighted by molar-refractivity contribution is 5.96. The first-order chi connectivity index (χ1) is 15.1. The van der Waals surface area contributed by atoms with Crippen molar-refractivity contribution >= 4 is 17.6 Å². The number of anilines is 1. The van der Waals surface area contributed by atoms with Crippen molar-refractivity contribution in [2.24, 2.45) is 0 Å². The van der Waals surface area contributed by atoms with Crippen LogP contribution in [0.2, 0.25) is 0 Å². The monoisotopic (exact) mass is 419 g/mol. The first-order valence-electron chi connectivity index (χ1n) is 9.73. The number of para-hydroxylation sites is 2. The third-order valence-corrected chi connectivity index (χ3v) is 4.68. The second-order valence-corrected chi connectivity index (χ2v) is 6.81. The number of carbonyl (C=O) groups is 2. The molecule has 0 unspecified atom stereocenters. The largest absolute Gasteiger partial charge is 0.497 e. The Bertz CT molecular complexity index is 1070. The number of nitrogens with one attached hydrogen (secondary N) is 1. The van der Waals surface area contributed by atoms with Gasteiger partial charge < -0.3 is 24.3 Å². The topological polar surface area (TPSA) is 83.1 Å². The molecule has 1 aliphatic heterocycles. The number of ether oxygens (including phenoxy) is 4. The summed E-state index contributed by atoms with van der Waals surface area (Å²) in [4.78, 5) is 25.8. The molecule has 7 nitrogen and oxygen atoms in total. The van der Waals surface area contributed by atoms with E-state index in [9.17, 15) is 9.59 Å². The molecule has 0 radical (unpaired) electrons. The van der Waals surface area contributed by atoms with Gasteiger partial charge in [0.1, 0.15) is 12.4 Å². The molecule has 1 heterocycles. The van der Waals surface area contributed by atoms with Gasteiger partial charge in [-0.15, -0.1) is 0 Å². The summed E-state index contributed by atoms with van der Waals surface area (Å²) >= 11 is 0. The molecule has 2 atom stereocenters. The van der Waals surface area contributed by atoms with E-state index in [4.69, 9.17) is 18.9 Å². The zero-order valence-electron chi connectivity index (χ0n) is 16.8. The molecule has 1 amide bonds. The van der Waals surface area contributed by atoms with Crippen LogP contribution < -0.4 is 19.5 Å². The van der Waals surface area contributed by atoms with Crippen molar-refractivity contribution in [3.05, 3.63) is 84.4 Å². The lowest BCUT2D eigenvalue weighted by Crippen LogP contribution is -2.39. The Balaban J connectivity index is 1.51. The van der Waals surface area contributed by atoms with Gasteiger partial charge in [0, 0.05) is 17.3 Å². The highest BCUT2D eigenvalue weighted by Gasteiger charge is 2.33. The van der Waals surface area contributed by atoms with E-state index in [1.807, 2.05) is 12.1 Å². The van der Waals surface area contributed by atoms with Crippen LogP contribution in [0.25, 0.3) is 0 Å². The van der Waals surface area contributed by atoms with Crippen LogP contribution in [0.3, 0.4) is 0 Å². The Morgan fingerprint density at radius 2 is 1.71 bits per heavy atom. The summed E-state index contributed by atoms with van der Waals surface area (Å²) in [6, 6.07) is 22.8. The summed E-state index contributed by atoms with van der Waals surface area (Å²) in [6.45, 7) is -0.00510. The van der Waals surface area contributed by atoms with Crippen molar-refractivity contribution in [1.29, 1.82) is 0 Å². The fourth-order valence-corrected chi connectivity index (χ4v) is 3.14. The number of carbonyl (C=O) groups excluding carboxylic acids is 2. The number of methoxy groups -OCH3 is 1. The summed E-state index contributed by atoms with van der Waals surface area (Å²) in [5, 5.41) is 2.77. The van der Waals surface area contributed by atoms with Gasteiger partial charge in [0.05, 0.1) is 7.11 Å². The zero-order chi connectivity index (χ0) is 21.6. The summed E-state index contributed by atoms with van der Waals surface area (Å²) in [5.74, 6) is 0.418. The Hall–Kier alpha value is -4.00. The molecule has 0 bridgehead atoms. The first kappa shape index (κ1) is 20.3. The normalized spacial score (nSPS) is 15.5. The molecule has 158 valence electrons. The molecule has 0 spiro atoms. The molecule has 0 saturated heterocycles. The second-order valence-electron chi connectivity index (χ2n) is 6.81. The van der Waals surface area contributed by atoms with Crippen LogP contribution >= 0.6 is 0 Å². The van der Waals surface area contributed by atoms with E-state index in [-0.39, 0.29) is 6.61 Å². The van der Waals surface area contributed by atoms with Crippen molar-refractivity contribution < 1.29 is 28.5 Å². The predicted molar refractivity (Wildman–Crippen MR) is 113 cm³/mol. The van der Waals surface area contributed by atoms with Crippen LogP contribution in [0.4, 0.5) is 5.69 Å². The maximum atomic E-state index is 13.0. The van der Waals surface area contributed by atoms with Gasteiger partial charge in [0.25, 0.3) is 5.91 Å². The van der Waals surface area contributed by atoms with Crippen LogP contribution in [-0.4, -0.2) is 31.7 Å². The Morgan fingerprint density at radius 1 is 0.968 bits per heavy atom. The maximum absolute atomic E-state index is 13.0. The number of amides is 1. The first-order valence-corrected chi connectivity index (χ1v) is 9.73. The number of esters is 1. The minimum Gasteiger partial charge on any atom is -0.497 e. The van der Waals surface area contributed by atoms with Gasteiger partial charge in [-0.1, -0.05) is 48.5 Å². The van der Waals surface area contributed by atoms with E-state index in [0.717, 1.165) is 0 Å². The molecule has 0 fully saturated rings. The van der Waals surface area contributed by atoms with E-state index in [1.54, 1.807) is 73.8 Å². The minimum absolute atomic E-state index is 0.00510. The summed E-state index contributed by atoms with van der Waals surface area (Å²) in [5.41, 5.74) is 1.06. The lowest BCUT2D eigenvalue weighted by atomic mass is 10.1. The van der Waals surface area contributed by atoms with Crippen molar-refractivity contribution in [2.45, 2.75) is 12.2 Å². The molecule has 4 rings (SSSR count). The third-order valence-electron chi connectivity index (χ3n) is 4.68. The number of benzene rings is 3. The summed E-state index contributed by atoms with van der Waals surface area (Å²) in [6.07, 6.45) is -2.15. The van der Waals surface area contributed by atoms with Crippen molar-refractivity contribution in [2.75, 3.05) is 19.0 Å². The number of hydrogen-bond acceptors (Lipinski definition) is 6. The van der Waals surface area contributed by atoms with Gasteiger partial charge in [0.2, 0.25) is 12.2 Å². The van der Waals surface area contributed by atoms with Crippen LogP contribution in [0.15, 0.2) is 78.9 Å². The Labute approximate surface area is 179 Å². The Morgan fingerprint density at radius 3 is 2.48 bits per heavy atom. The molecular weight excluding hydrogens is 398 g/mol. The maximum Gasteiger partial charge on any atom is 0.352 e. The molecule has 3 aromatic carbocycles. The van der Waals surface area contributed by atoms with E-state index in [0.29, 0.717) is 28.5 Å². The van der Waals surface area contributed by atoms with Crippen LogP contribution in [0, 0.1) is 0 Å². The van der Waals surface area contributed by atoms with E-state index in [2.05, 4.69) is 5.32 Å². The van der Waals surface area contributed by atoms with Gasteiger partial charge in [0.15, 0.2) is 11.5 Å². The smallest absolute Gasteiger partial charge is 0.352 e. The molecule has 1 N–H and O–H groups in total. The average Bonchev–Trinajstić information content (AvgIpc) is 2.82. The lowest BCUT2D eigenvalue weighted by Gasteiger charge is -2.26. The summed E-state index contributed by atoms with van der Waals surface area (Å²) < 4.78 is 22.1. The molecule has 0 saturated carbocycles. The van der Waals surface area contributed by atoms with Crippen molar-refractivity contribution in [1.82, 2.24) is 0 Å². The quantitative estimate of drug-likeness (QED) is 0.613. The lowest BCUT2D eigenvalue weighted by molar-refractivity contribution is -0.164. The number of rotatable bonds is 6. The summed E-state index contributed by atoms with van der Waals surface area (Å²) in [7, 11) is 1.54. The average molecular weight is 419 g/mol.